The van der Waals surface area contributed by atoms with E-state index in [9.17, 15) is 9.59 Å². The minimum absolute atomic E-state index is 0.177. The second-order valence-electron chi connectivity index (χ2n) is 14.6. The summed E-state index contributed by atoms with van der Waals surface area (Å²) in [5.74, 6) is 1.99. The van der Waals surface area contributed by atoms with Gasteiger partial charge in [-0.05, 0) is 133 Å². The maximum atomic E-state index is 12.9. The van der Waals surface area contributed by atoms with Crippen molar-refractivity contribution in [3.8, 4) is 11.5 Å². The minimum Gasteiger partial charge on any atom is -0.486 e. The molecule has 3 heterocycles. The van der Waals surface area contributed by atoms with E-state index in [0.717, 1.165) is 94.2 Å². The van der Waals surface area contributed by atoms with Crippen LogP contribution in [0.2, 0.25) is 0 Å². The molecule has 0 bridgehead atoms. The highest BCUT2D eigenvalue weighted by atomic mass is 79.9. The first-order valence-corrected chi connectivity index (χ1v) is 17.2. The number of hydrogen-bond acceptors (Lipinski definition) is 6. The molecule has 2 aromatic rings. The highest BCUT2D eigenvalue weighted by Crippen LogP contribution is 2.48. The van der Waals surface area contributed by atoms with Crippen LogP contribution in [0.3, 0.4) is 0 Å². The molecule has 3 aliphatic heterocycles. The first-order valence-electron chi connectivity index (χ1n) is 16.4. The molecule has 2 aliphatic carbocycles. The topological polar surface area (TPSA) is 71.1 Å². The summed E-state index contributed by atoms with van der Waals surface area (Å²) in [7, 11) is -0.433. The van der Waals surface area contributed by atoms with Crippen LogP contribution in [0.1, 0.15) is 136 Å². The molecule has 7 rings (SSSR count). The van der Waals surface area contributed by atoms with Crippen molar-refractivity contribution in [2.75, 3.05) is 0 Å². The molecular formula is C36H46BBrO6. The highest BCUT2D eigenvalue weighted by molar-refractivity contribution is 9.10. The summed E-state index contributed by atoms with van der Waals surface area (Å²) in [6.07, 6.45) is 9.13. The fraction of sp³-hybridized carbons (Fsp3) is 0.611. The lowest BCUT2D eigenvalue weighted by Gasteiger charge is -2.45. The summed E-state index contributed by atoms with van der Waals surface area (Å²) in [5.41, 5.74) is 5.82. The summed E-state index contributed by atoms with van der Waals surface area (Å²) in [6, 6.07) is 4.00. The zero-order chi connectivity index (χ0) is 31.8. The number of carbonyl (C=O) groups is 2. The Balaban J connectivity index is 0.000000167. The largest absolute Gasteiger partial charge is 0.495 e. The fourth-order valence-corrected chi connectivity index (χ4v) is 8.37. The SMILES string of the molecule is CCc1c(B2OC(C)(C)C(C)(C)O2)cc2c(c1C)C(=O)CC1(CCC1)O2.CCc1c(Br)cc2c(c1C)C(=O)CC1(CCC1)O2. The number of hydrogen-bond donors (Lipinski definition) is 0. The van der Waals surface area contributed by atoms with E-state index < -0.39 is 18.3 Å². The molecule has 5 aliphatic rings. The lowest BCUT2D eigenvalue weighted by molar-refractivity contribution is -0.0184. The first kappa shape index (κ1) is 31.8. The minimum atomic E-state index is -0.433. The molecule has 0 amide bonds. The van der Waals surface area contributed by atoms with Gasteiger partial charge in [-0.2, -0.15) is 0 Å². The van der Waals surface area contributed by atoms with Gasteiger partial charge in [0.05, 0.1) is 35.2 Å². The number of halogens is 1. The van der Waals surface area contributed by atoms with Gasteiger partial charge in [0.1, 0.15) is 22.7 Å². The predicted molar refractivity (Wildman–Crippen MR) is 177 cm³/mol. The second kappa shape index (κ2) is 11.0. The van der Waals surface area contributed by atoms with E-state index in [1.54, 1.807) is 0 Å². The van der Waals surface area contributed by atoms with Gasteiger partial charge in [-0.3, -0.25) is 9.59 Å². The summed E-state index contributed by atoms with van der Waals surface area (Å²) in [4.78, 5) is 25.3. The maximum absolute atomic E-state index is 12.9. The van der Waals surface area contributed by atoms with Gasteiger partial charge in [-0.1, -0.05) is 29.8 Å². The molecule has 6 nitrogen and oxygen atoms in total. The fourth-order valence-electron chi connectivity index (χ4n) is 7.58. The van der Waals surface area contributed by atoms with Crippen LogP contribution in [0.25, 0.3) is 0 Å². The van der Waals surface area contributed by atoms with Gasteiger partial charge in [0, 0.05) is 4.47 Å². The number of rotatable bonds is 3. The Bertz CT molecular complexity index is 1520. The van der Waals surface area contributed by atoms with E-state index in [2.05, 4.69) is 57.5 Å². The third-order valence-corrected chi connectivity index (χ3v) is 12.0. The Kier molecular flexibility index (Phi) is 7.94. The zero-order valence-corrected chi connectivity index (χ0v) is 29.2. The van der Waals surface area contributed by atoms with Gasteiger partial charge in [0.15, 0.2) is 11.6 Å². The third kappa shape index (κ3) is 5.07. The average Bonchev–Trinajstić information content (AvgIpc) is 3.12. The van der Waals surface area contributed by atoms with E-state index in [-0.39, 0.29) is 22.8 Å². The molecular weight excluding hydrogens is 619 g/mol. The lowest BCUT2D eigenvalue weighted by Crippen LogP contribution is -2.48. The van der Waals surface area contributed by atoms with Crippen molar-refractivity contribution in [2.45, 2.75) is 142 Å². The van der Waals surface area contributed by atoms with Gasteiger partial charge in [-0.25, -0.2) is 0 Å². The van der Waals surface area contributed by atoms with Crippen molar-refractivity contribution in [3.05, 3.63) is 50.0 Å². The molecule has 1 saturated heterocycles. The van der Waals surface area contributed by atoms with Gasteiger partial charge in [-0.15, -0.1) is 0 Å². The molecule has 2 aromatic carbocycles. The molecule has 0 N–H and O–H groups in total. The number of ether oxygens (including phenoxy) is 2. The van der Waals surface area contributed by atoms with Crippen molar-refractivity contribution < 1.29 is 28.4 Å². The molecule has 0 unspecified atom stereocenters. The standard InChI is InChI=1S/C21H29BO4.C15H17BrO2/c1-7-14-13(2)18-16(23)12-21(9-8-10-21)24-17(18)11-15(14)22-25-19(3,4)20(5,6)26-22;1-3-10-9(2)14-12(17)8-15(5-4-6-15)18-13(14)7-11(10)16/h11H,7-10,12H2,1-6H3;7H,3-6,8H2,1-2H3. The third-order valence-electron chi connectivity index (χ3n) is 11.2. The molecule has 2 saturated carbocycles. The van der Waals surface area contributed by atoms with Gasteiger partial charge in [0.2, 0.25) is 0 Å². The first-order chi connectivity index (χ1) is 20.7. The maximum Gasteiger partial charge on any atom is 0.495 e. The predicted octanol–water partition coefficient (Wildman–Crippen LogP) is 7.95. The number of fused-ring (bicyclic) bond motifs is 2. The molecule has 0 atom stereocenters. The van der Waals surface area contributed by atoms with Crippen LogP contribution >= 0.6 is 15.9 Å². The van der Waals surface area contributed by atoms with Crippen molar-refractivity contribution in [1.29, 1.82) is 0 Å². The Labute approximate surface area is 271 Å². The second-order valence-corrected chi connectivity index (χ2v) is 15.4. The summed E-state index contributed by atoms with van der Waals surface area (Å²) < 4.78 is 26.2. The van der Waals surface area contributed by atoms with Crippen molar-refractivity contribution in [3.63, 3.8) is 0 Å². The Morgan fingerprint density at radius 2 is 1.16 bits per heavy atom. The summed E-state index contributed by atoms with van der Waals surface area (Å²) in [5, 5.41) is 0. The van der Waals surface area contributed by atoms with Crippen molar-refractivity contribution >= 4 is 40.1 Å². The molecule has 3 fully saturated rings. The Hall–Kier alpha value is -2.16. The lowest BCUT2D eigenvalue weighted by atomic mass is 9.70. The molecule has 0 aromatic heterocycles. The molecule has 236 valence electrons. The quantitative estimate of drug-likeness (QED) is 0.310. The van der Waals surface area contributed by atoms with Gasteiger partial charge < -0.3 is 18.8 Å². The van der Waals surface area contributed by atoms with Crippen LogP contribution in [-0.4, -0.2) is 41.1 Å². The molecule has 8 heteroatoms. The normalized spacial score (nSPS) is 23.1. The smallest absolute Gasteiger partial charge is 0.486 e. The molecule has 44 heavy (non-hydrogen) atoms. The monoisotopic (exact) mass is 664 g/mol. The average molecular weight is 665 g/mol. The van der Waals surface area contributed by atoms with Crippen LogP contribution in [0.5, 0.6) is 11.5 Å². The van der Waals surface area contributed by atoms with E-state index >= 15 is 0 Å². The van der Waals surface area contributed by atoms with Crippen LogP contribution in [-0.2, 0) is 22.2 Å². The van der Waals surface area contributed by atoms with Gasteiger partial charge in [0.25, 0.3) is 0 Å². The zero-order valence-electron chi connectivity index (χ0n) is 27.6. The van der Waals surface area contributed by atoms with E-state index in [1.165, 1.54) is 12.0 Å². The highest BCUT2D eigenvalue weighted by Gasteiger charge is 2.53. The van der Waals surface area contributed by atoms with Crippen LogP contribution in [0, 0.1) is 13.8 Å². The van der Waals surface area contributed by atoms with E-state index in [1.807, 2.05) is 26.0 Å². The number of Topliss-reactive ketones (excluding diaryl/α,β-unsaturated/α-hetero) is 2. The van der Waals surface area contributed by atoms with Crippen LogP contribution < -0.4 is 14.9 Å². The Morgan fingerprint density at radius 3 is 1.57 bits per heavy atom. The molecule has 2 spiro atoms. The van der Waals surface area contributed by atoms with Crippen molar-refractivity contribution in [1.82, 2.24) is 0 Å². The summed E-state index contributed by atoms with van der Waals surface area (Å²) in [6.45, 7) is 16.5. The summed E-state index contributed by atoms with van der Waals surface area (Å²) >= 11 is 3.59. The molecule has 0 radical (unpaired) electrons. The number of benzene rings is 2. The van der Waals surface area contributed by atoms with E-state index in [4.69, 9.17) is 18.8 Å². The number of ketones is 2. The van der Waals surface area contributed by atoms with Crippen LogP contribution in [0.4, 0.5) is 0 Å². The number of carbonyl (C=O) groups excluding carboxylic acids is 2. The van der Waals surface area contributed by atoms with Crippen LogP contribution in [0.15, 0.2) is 16.6 Å². The van der Waals surface area contributed by atoms with Gasteiger partial charge >= 0.3 is 7.12 Å². The van der Waals surface area contributed by atoms with E-state index in [0.29, 0.717) is 12.8 Å². The van der Waals surface area contributed by atoms with Crippen molar-refractivity contribution in [2.24, 2.45) is 0 Å². The Morgan fingerprint density at radius 1 is 0.727 bits per heavy atom.